The predicted octanol–water partition coefficient (Wildman–Crippen LogP) is 5.11. The molecule has 0 unspecified atom stereocenters. The lowest BCUT2D eigenvalue weighted by Crippen LogP contribution is -2.42. The third kappa shape index (κ3) is 7.95. The van der Waals surface area contributed by atoms with Gasteiger partial charge in [0.25, 0.3) is 0 Å². The summed E-state index contributed by atoms with van der Waals surface area (Å²) in [6.45, 7) is 0.822. The summed E-state index contributed by atoms with van der Waals surface area (Å²) in [4.78, 5) is 17.0. The van der Waals surface area contributed by atoms with Crippen LogP contribution in [0, 0.1) is 0 Å². The number of aliphatic carboxylic acids is 1. The maximum atomic E-state index is 13.2. The predicted molar refractivity (Wildman–Crippen MR) is 160 cm³/mol. The minimum absolute atomic E-state index is 0.0201. The van der Waals surface area contributed by atoms with Crippen LogP contribution in [-0.2, 0) is 21.2 Å². The van der Waals surface area contributed by atoms with Crippen LogP contribution in [0.25, 0.3) is 21.7 Å². The summed E-state index contributed by atoms with van der Waals surface area (Å²) in [5, 5.41) is 11.9. The quantitative estimate of drug-likeness (QED) is 0.138. The standard InChI is InChI=1S/C23H23N3O4S.C6H14ClN/c1-26(2)21-11-5-9-18-17(21)8-6-12-22(18)31(29,30)25-20(23(27)28)13-15-14-24-19-10-4-3-7-16(15)19;7-5-3-1-2-4-6-8/h3-12,14,20,24-25H,13H2,1-2H3,(H,27,28);1-6,8H2/t20-;/m0./s1. The Morgan fingerprint density at radius 3 is 2.33 bits per heavy atom. The van der Waals surface area contributed by atoms with E-state index in [1.165, 1.54) is 18.9 Å². The second-order valence-corrected chi connectivity index (χ2v) is 11.6. The molecule has 0 saturated carbocycles. The van der Waals surface area contributed by atoms with Gasteiger partial charge >= 0.3 is 5.97 Å². The number of para-hydroxylation sites is 1. The van der Waals surface area contributed by atoms with E-state index in [-0.39, 0.29) is 11.3 Å². The summed E-state index contributed by atoms with van der Waals surface area (Å²) >= 11 is 5.45. The van der Waals surface area contributed by atoms with E-state index in [9.17, 15) is 18.3 Å². The topological polar surface area (TPSA) is 129 Å². The lowest BCUT2D eigenvalue weighted by Gasteiger charge is -2.18. The second-order valence-electron chi connectivity index (χ2n) is 9.49. The summed E-state index contributed by atoms with van der Waals surface area (Å²) in [7, 11) is -0.320. The number of carboxylic acid groups (broad SMARTS) is 1. The third-order valence-electron chi connectivity index (χ3n) is 6.41. The molecule has 0 aliphatic carbocycles. The number of aromatic amines is 1. The minimum atomic E-state index is -4.09. The monoisotopic (exact) mass is 572 g/mol. The number of alkyl halides is 1. The van der Waals surface area contributed by atoms with Crippen LogP contribution in [0.2, 0.25) is 0 Å². The van der Waals surface area contributed by atoms with E-state index in [0.717, 1.165) is 52.8 Å². The number of carboxylic acids is 1. The Balaban J connectivity index is 0.000000459. The zero-order chi connectivity index (χ0) is 28.4. The van der Waals surface area contributed by atoms with Gasteiger partial charge in [-0.3, -0.25) is 4.79 Å². The van der Waals surface area contributed by atoms with Crippen molar-refractivity contribution in [1.82, 2.24) is 9.71 Å². The molecule has 0 amide bonds. The molecule has 0 fully saturated rings. The van der Waals surface area contributed by atoms with Crippen molar-refractivity contribution in [2.75, 3.05) is 31.4 Å². The second kappa shape index (κ2) is 14.3. The number of carbonyl (C=O) groups is 1. The first-order valence-electron chi connectivity index (χ1n) is 12.9. The molecular weight excluding hydrogens is 536 g/mol. The average molecular weight is 573 g/mol. The minimum Gasteiger partial charge on any atom is -0.480 e. The molecule has 39 heavy (non-hydrogen) atoms. The maximum absolute atomic E-state index is 13.2. The molecule has 3 aromatic carbocycles. The van der Waals surface area contributed by atoms with Crippen molar-refractivity contribution < 1.29 is 18.3 Å². The number of hydrogen-bond donors (Lipinski definition) is 4. The van der Waals surface area contributed by atoms with Crippen molar-refractivity contribution in [2.45, 2.75) is 43.0 Å². The molecule has 4 aromatic rings. The number of nitrogens with one attached hydrogen (secondary N) is 2. The SMILES string of the molecule is CN(C)c1cccc2c(S(=O)(=O)N[C@@H](Cc3c[nH]c4ccccc34)C(=O)O)cccc12.NCCCCCCCl. The molecule has 0 aliphatic heterocycles. The van der Waals surface area contributed by atoms with Gasteiger partial charge in [-0.2, -0.15) is 4.72 Å². The van der Waals surface area contributed by atoms with E-state index >= 15 is 0 Å². The Bertz CT molecular complexity index is 1480. The van der Waals surface area contributed by atoms with Gasteiger partial charge in [0.05, 0.1) is 4.90 Å². The fourth-order valence-corrected chi connectivity index (χ4v) is 6.03. The lowest BCUT2D eigenvalue weighted by atomic mass is 10.1. The molecule has 10 heteroatoms. The van der Waals surface area contributed by atoms with Gasteiger partial charge in [0, 0.05) is 60.0 Å². The van der Waals surface area contributed by atoms with Crippen LogP contribution < -0.4 is 15.4 Å². The lowest BCUT2D eigenvalue weighted by molar-refractivity contribution is -0.138. The van der Waals surface area contributed by atoms with Crippen LogP contribution >= 0.6 is 11.6 Å². The first kappa shape index (κ1) is 30.4. The van der Waals surface area contributed by atoms with Gasteiger partial charge in [-0.05, 0) is 43.1 Å². The van der Waals surface area contributed by atoms with Crippen LogP contribution in [0.3, 0.4) is 0 Å². The van der Waals surface area contributed by atoms with Gasteiger partial charge in [-0.1, -0.05) is 55.3 Å². The Hall–Kier alpha value is -3.11. The molecule has 0 aliphatic rings. The van der Waals surface area contributed by atoms with Gasteiger partial charge in [0.1, 0.15) is 6.04 Å². The molecule has 1 heterocycles. The fraction of sp³-hybridized carbons (Fsp3) is 0.345. The smallest absolute Gasteiger partial charge is 0.322 e. The number of rotatable bonds is 12. The van der Waals surface area contributed by atoms with Crippen molar-refractivity contribution >= 4 is 55.0 Å². The largest absolute Gasteiger partial charge is 0.480 e. The highest BCUT2D eigenvalue weighted by Gasteiger charge is 2.28. The van der Waals surface area contributed by atoms with E-state index in [0.29, 0.717) is 5.39 Å². The number of hydrogen-bond acceptors (Lipinski definition) is 5. The van der Waals surface area contributed by atoms with Gasteiger partial charge in [0.15, 0.2) is 0 Å². The maximum Gasteiger partial charge on any atom is 0.322 e. The van der Waals surface area contributed by atoms with Gasteiger partial charge in [-0.15, -0.1) is 11.6 Å². The Kier molecular flexibility index (Phi) is 11.2. The Morgan fingerprint density at radius 1 is 0.974 bits per heavy atom. The number of sulfonamides is 1. The Morgan fingerprint density at radius 2 is 1.64 bits per heavy atom. The molecule has 0 bridgehead atoms. The molecule has 0 saturated heterocycles. The van der Waals surface area contributed by atoms with Gasteiger partial charge in [-0.25, -0.2) is 8.42 Å². The number of nitrogens with two attached hydrogens (primary N) is 1. The van der Waals surface area contributed by atoms with Gasteiger partial charge < -0.3 is 20.7 Å². The van der Waals surface area contributed by atoms with Crippen molar-refractivity contribution in [3.8, 4) is 0 Å². The van der Waals surface area contributed by atoms with Crippen molar-refractivity contribution in [3.05, 3.63) is 72.4 Å². The summed E-state index contributed by atoms with van der Waals surface area (Å²) in [6, 6.07) is 16.6. The number of benzene rings is 3. The average Bonchev–Trinajstić information content (AvgIpc) is 3.33. The van der Waals surface area contributed by atoms with E-state index in [1.54, 1.807) is 24.4 Å². The van der Waals surface area contributed by atoms with Crippen LogP contribution in [0.4, 0.5) is 5.69 Å². The molecule has 0 radical (unpaired) electrons. The molecule has 4 rings (SSSR count). The van der Waals surface area contributed by atoms with Crippen LogP contribution in [0.5, 0.6) is 0 Å². The first-order chi connectivity index (χ1) is 18.7. The molecule has 1 aromatic heterocycles. The van der Waals surface area contributed by atoms with Crippen LogP contribution in [-0.4, -0.2) is 57.0 Å². The number of H-pyrrole nitrogens is 1. The highest BCUT2D eigenvalue weighted by atomic mass is 35.5. The summed E-state index contributed by atoms with van der Waals surface area (Å²) < 4.78 is 28.9. The number of nitrogens with zero attached hydrogens (tertiary/aromatic N) is 1. The van der Waals surface area contributed by atoms with E-state index in [4.69, 9.17) is 17.3 Å². The normalized spacial score (nSPS) is 12.2. The van der Waals surface area contributed by atoms with E-state index in [1.807, 2.05) is 55.4 Å². The molecular formula is C29H37ClN4O4S. The number of unbranched alkanes of at least 4 members (excludes halogenated alkanes) is 3. The van der Waals surface area contributed by atoms with E-state index in [2.05, 4.69) is 9.71 Å². The number of halogens is 1. The van der Waals surface area contributed by atoms with Crippen molar-refractivity contribution in [3.63, 3.8) is 0 Å². The summed E-state index contributed by atoms with van der Waals surface area (Å²) in [5.74, 6) is -0.437. The third-order valence-corrected chi connectivity index (χ3v) is 8.21. The van der Waals surface area contributed by atoms with E-state index < -0.39 is 22.0 Å². The number of fused-ring (bicyclic) bond motifs is 2. The zero-order valence-corrected chi connectivity index (χ0v) is 23.9. The molecule has 1 atom stereocenters. The summed E-state index contributed by atoms with van der Waals surface area (Å²) in [6.07, 6.45) is 6.50. The highest BCUT2D eigenvalue weighted by Crippen LogP contribution is 2.30. The molecule has 5 N–H and O–H groups in total. The zero-order valence-electron chi connectivity index (χ0n) is 22.4. The van der Waals surface area contributed by atoms with Gasteiger partial charge in [0.2, 0.25) is 10.0 Å². The highest BCUT2D eigenvalue weighted by molar-refractivity contribution is 7.89. The molecule has 8 nitrogen and oxygen atoms in total. The molecule has 210 valence electrons. The number of anilines is 1. The van der Waals surface area contributed by atoms with Crippen molar-refractivity contribution in [1.29, 1.82) is 0 Å². The number of aromatic nitrogens is 1. The Labute approximate surface area is 235 Å². The summed E-state index contributed by atoms with van der Waals surface area (Å²) in [5.41, 5.74) is 7.76. The molecule has 0 spiro atoms. The fourth-order valence-electron chi connectivity index (χ4n) is 4.43. The van der Waals surface area contributed by atoms with Crippen LogP contribution in [0.15, 0.2) is 71.8 Å². The van der Waals surface area contributed by atoms with Crippen molar-refractivity contribution in [2.24, 2.45) is 5.73 Å². The first-order valence-corrected chi connectivity index (χ1v) is 15.0. The van der Waals surface area contributed by atoms with Crippen LogP contribution in [0.1, 0.15) is 31.2 Å².